The van der Waals surface area contributed by atoms with Crippen molar-refractivity contribution in [1.82, 2.24) is 4.90 Å². The normalized spacial score (nSPS) is 12.2. The Morgan fingerprint density at radius 3 is 1.25 bits per heavy atom. The van der Waals surface area contributed by atoms with E-state index in [4.69, 9.17) is 0 Å². The van der Waals surface area contributed by atoms with Gasteiger partial charge < -0.3 is 0 Å². The Morgan fingerprint density at radius 1 is 0.542 bits per heavy atom. The fraction of sp³-hybridized carbons (Fsp3) is 1.00. The highest BCUT2D eigenvalue weighted by Crippen LogP contribution is 2.21. The van der Waals surface area contributed by atoms with Crippen LogP contribution in [-0.2, 0) is 0 Å². The summed E-state index contributed by atoms with van der Waals surface area (Å²) in [7, 11) is 0. The molecule has 0 aliphatic heterocycles. The topological polar surface area (TPSA) is 3.24 Å². The summed E-state index contributed by atoms with van der Waals surface area (Å²) in [5.41, 5.74) is 0. The molecule has 0 bridgehead atoms. The molecule has 0 radical (unpaired) electrons. The van der Waals surface area contributed by atoms with Gasteiger partial charge in [0.05, 0.1) is 0 Å². The number of hydrogen-bond donors (Lipinski definition) is 0. The summed E-state index contributed by atoms with van der Waals surface area (Å²) in [5.74, 6) is 1.57. The molecule has 0 saturated carbocycles. The standard InChI is InChI=1S/C23H49N/c1-7-9-11-13-15-17-23(18-16-14-12-10-8-2)24(19-21(3)4)20-22(5)6/h21-23H,7-20H2,1-6H3. The predicted octanol–water partition coefficient (Wildman–Crippen LogP) is 7.69. The van der Waals surface area contributed by atoms with Gasteiger partial charge in [-0.05, 0) is 24.7 Å². The van der Waals surface area contributed by atoms with Crippen molar-refractivity contribution in [3.8, 4) is 0 Å². The van der Waals surface area contributed by atoms with Crippen LogP contribution >= 0.6 is 0 Å². The maximum absolute atomic E-state index is 2.84. The molecule has 0 amide bonds. The van der Waals surface area contributed by atoms with Crippen molar-refractivity contribution < 1.29 is 0 Å². The van der Waals surface area contributed by atoms with Crippen LogP contribution in [0, 0.1) is 11.8 Å². The minimum absolute atomic E-state index is 0.784. The Labute approximate surface area is 155 Å². The highest BCUT2D eigenvalue weighted by Gasteiger charge is 2.19. The third-order valence-electron chi connectivity index (χ3n) is 5.00. The Bertz CT molecular complexity index is 222. The lowest BCUT2D eigenvalue weighted by Gasteiger charge is -2.35. The van der Waals surface area contributed by atoms with Crippen LogP contribution in [0.2, 0.25) is 0 Å². The molecule has 0 unspecified atom stereocenters. The Kier molecular flexibility index (Phi) is 16.4. The lowest BCUT2D eigenvalue weighted by atomic mass is 9.97. The van der Waals surface area contributed by atoms with E-state index in [1.54, 1.807) is 0 Å². The van der Waals surface area contributed by atoms with Crippen LogP contribution in [0.3, 0.4) is 0 Å². The van der Waals surface area contributed by atoms with Gasteiger partial charge in [-0.2, -0.15) is 0 Å². The fourth-order valence-electron chi connectivity index (χ4n) is 3.79. The van der Waals surface area contributed by atoms with E-state index in [2.05, 4.69) is 46.4 Å². The molecule has 1 heteroatoms. The first-order valence-electron chi connectivity index (χ1n) is 11.2. The minimum atomic E-state index is 0.784. The third-order valence-corrected chi connectivity index (χ3v) is 5.00. The molecule has 0 rings (SSSR count). The largest absolute Gasteiger partial charge is 0.300 e. The SMILES string of the molecule is CCCCCCCC(CCCCCCC)N(CC(C)C)CC(C)C. The summed E-state index contributed by atoms with van der Waals surface area (Å²) in [6.07, 6.45) is 17.0. The summed E-state index contributed by atoms with van der Waals surface area (Å²) in [5, 5.41) is 0. The van der Waals surface area contributed by atoms with Gasteiger partial charge in [0.1, 0.15) is 0 Å². The molecule has 0 aliphatic rings. The summed E-state index contributed by atoms with van der Waals surface area (Å²) in [4.78, 5) is 2.84. The van der Waals surface area contributed by atoms with E-state index in [1.807, 2.05) is 0 Å². The molecule has 0 aromatic rings. The van der Waals surface area contributed by atoms with Gasteiger partial charge in [-0.25, -0.2) is 0 Å². The smallest absolute Gasteiger partial charge is 0.00954 e. The first-order valence-corrected chi connectivity index (χ1v) is 11.2. The van der Waals surface area contributed by atoms with Crippen molar-refractivity contribution in [2.75, 3.05) is 13.1 Å². The molecule has 0 spiro atoms. The lowest BCUT2D eigenvalue weighted by molar-refractivity contribution is 0.136. The molecular formula is C23H49N. The van der Waals surface area contributed by atoms with E-state index in [1.165, 1.54) is 90.1 Å². The van der Waals surface area contributed by atoms with Crippen molar-refractivity contribution in [3.63, 3.8) is 0 Å². The molecule has 24 heavy (non-hydrogen) atoms. The second kappa shape index (κ2) is 16.4. The van der Waals surface area contributed by atoms with Gasteiger partial charge >= 0.3 is 0 Å². The summed E-state index contributed by atoms with van der Waals surface area (Å²) in [6.45, 7) is 16.7. The van der Waals surface area contributed by atoms with Crippen molar-refractivity contribution in [2.24, 2.45) is 11.8 Å². The Morgan fingerprint density at radius 2 is 0.917 bits per heavy atom. The van der Waals surface area contributed by atoms with Gasteiger partial charge in [0.2, 0.25) is 0 Å². The summed E-state index contributed by atoms with van der Waals surface area (Å²) in [6, 6.07) is 0.832. The van der Waals surface area contributed by atoms with Crippen LogP contribution < -0.4 is 0 Å². The van der Waals surface area contributed by atoms with Gasteiger partial charge in [0.15, 0.2) is 0 Å². The quantitative estimate of drug-likeness (QED) is 0.245. The molecule has 0 aromatic carbocycles. The fourth-order valence-corrected chi connectivity index (χ4v) is 3.79. The molecule has 0 heterocycles. The molecular weight excluding hydrogens is 290 g/mol. The van der Waals surface area contributed by atoms with Crippen LogP contribution in [0.1, 0.15) is 119 Å². The van der Waals surface area contributed by atoms with E-state index in [9.17, 15) is 0 Å². The van der Waals surface area contributed by atoms with Gasteiger partial charge in [-0.1, -0.05) is 106 Å². The van der Waals surface area contributed by atoms with Crippen molar-refractivity contribution in [2.45, 2.75) is 125 Å². The predicted molar refractivity (Wildman–Crippen MR) is 112 cm³/mol. The maximum atomic E-state index is 2.84. The summed E-state index contributed by atoms with van der Waals surface area (Å²) < 4.78 is 0. The lowest BCUT2D eigenvalue weighted by Crippen LogP contribution is -2.40. The first-order chi connectivity index (χ1) is 11.5. The van der Waals surface area contributed by atoms with E-state index in [-0.39, 0.29) is 0 Å². The number of nitrogens with zero attached hydrogens (tertiary/aromatic N) is 1. The van der Waals surface area contributed by atoms with Crippen LogP contribution in [0.4, 0.5) is 0 Å². The summed E-state index contributed by atoms with van der Waals surface area (Å²) >= 11 is 0. The van der Waals surface area contributed by atoms with Gasteiger partial charge in [-0.15, -0.1) is 0 Å². The molecule has 1 nitrogen and oxygen atoms in total. The molecule has 0 N–H and O–H groups in total. The van der Waals surface area contributed by atoms with Crippen LogP contribution in [0.5, 0.6) is 0 Å². The molecule has 0 saturated heterocycles. The zero-order chi connectivity index (χ0) is 18.2. The van der Waals surface area contributed by atoms with Crippen molar-refractivity contribution >= 4 is 0 Å². The van der Waals surface area contributed by atoms with Crippen LogP contribution in [0.25, 0.3) is 0 Å². The van der Waals surface area contributed by atoms with Crippen molar-refractivity contribution in [1.29, 1.82) is 0 Å². The zero-order valence-electron chi connectivity index (χ0n) is 18.1. The molecule has 0 atom stereocenters. The number of hydrogen-bond acceptors (Lipinski definition) is 1. The van der Waals surface area contributed by atoms with Gasteiger partial charge in [-0.3, -0.25) is 4.90 Å². The first kappa shape index (κ1) is 24.0. The third kappa shape index (κ3) is 14.3. The van der Waals surface area contributed by atoms with E-state index < -0.39 is 0 Å². The zero-order valence-corrected chi connectivity index (χ0v) is 18.1. The van der Waals surface area contributed by atoms with Crippen LogP contribution in [-0.4, -0.2) is 24.0 Å². The number of unbranched alkanes of at least 4 members (excludes halogenated alkanes) is 8. The van der Waals surface area contributed by atoms with Gasteiger partial charge in [0, 0.05) is 19.1 Å². The molecule has 146 valence electrons. The van der Waals surface area contributed by atoms with Crippen LogP contribution in [0.15, 0.2) is 0 Å². The highest BCUT2D eigenvalue weighted by atomic mass is 15.2. The highest BCUT2D eigenvalue weighted by molar-refractivity contribution is 4.74. The molecule has 0 fully saturated rings. The molecule has 0 aromatic heterocycles. The maximum Gasteiger partial charge on any atom is 0.00954 e. The van der Waals surface area contributed by atoms with E-state index >= 15 is 0 Å². The average molecular weight is 340 g/mol. The van der Waals surface area contributed by atoms with Gasteiger partial charge in [0.25, 0.3) is 0 Å². The average Bonchev–Trinajstić information content (AvgIpc) is 2.51. The monoisotopic (exact) mass is 339 g/mol. The van der Waals surface area contributed by atoms with E-state index in [0.717, 1.165) is 17.9 Å². The van der Waals surface area contributed by atoms with E-state index in [0.29, 0.717) is 0 Å². The van der Waals surface area contributed by atoms with Crippen molar-refractivity contribution in [3.05, 3.63) is 0 Å². The second-order valence-electron chi connectivity index (χ2n) is 8.80. The number of rotatable bonds is 17. The Hall–Kier alpha value is -0.0400. The second-order valence-corrected chi connectivity index (χ2v) is 8.80. The molecule has 0 aliphatic carbocycles. The minimum Gasteiger partial charge on any atom is -0.300 e. The Balaban J connectivity index is 4.45.